The molecular formula is C21H16O6. The normalized spacial score (nSPS) is 11.0. The summed E-state index contributed by atoms with van der Waals surface area (Å²) in [6, 6.07) is 13.6. The minimum Gasteiger partial charge on any atom is -0.493 e. The van der Waals surface area contributed by atoms with E-state index < -0.39 is 5.63 Å². The molecule has 0 aliphatic carbocycles. The van der Waals surface area contributed by atoms with Gasteiger partial charge in [0.05, 0.1) is 7.11 Å². The highest BCUT2D eigenvalue weighted by Gasteiger charge is 2.16. The lowest BCUT2D eigenvalue weighted by Gasteiger charge is -2.06. The predicted molar refractivity (Wildman–Crippen MR) is 100 cm³/mol. The molecule has 0 unspecified atom stereocenters. The standard InChI is InChI=1S/C21H16O6/c1-3-19(22)25-13-7-8-16-14(10-13)15(11-20(23)26-16)18-9-12-5-4-6-17(24-2)21(12)27-18/h4-11H,3H2,1-2H3. The summed E-state index contributed by atoms with van der Waals surface area (Å²) >= 11 is 0. The number of furan rings is 1. The van der Waals surface area contributed by atoms with Crippen LogP contribution in [0.4, 0.5) is 0 Å². The second kappa shape index (κ2) is 6.64. The summed E-state index contributed by atoms with van der Waals surface area (Å²) in [5.41, 5.74) is 1.02. The van der Waals surface area contributed by atoms with Crippen molar-refractivity contribution < 1.29 is 23.1 Å². The van der Waals surface area contributed by atoms with Crippen LogP contribution in [0.15, 0.2) is 62.2 Å². The Morgan fingerprint density at radius 1 is 1.07 bits per heavy atom. The Hall–Kier alpha value is -3.54. The van der Waals surface area contributed by atoms with E-state index in [0.29, 0.717) is 39.4 Å². The van der Waals surface area contributed by atoms with Gasteiger partial charge in [-0.3, -0.25) is 4.79 Å². The van der Waals surface area contributed by atoms with Crippen molar-refractivity contribution in [1.82, 2.24) is 0 Å². The van der Waals surface area contributed by atoms with E-state index in [4.69, 9.17) is 18.3 Å². The number of carbonyl (C=O) groups excluding carboxylic acids is 1. The topological polar surface area (TPSA) is 78.9 Å². The Labute approximate surface area is 153 Å². The van der Waals surface area contributed by atoms with Crippen LogP contribution in [0.1, 0.15) is 13.3 Å². The molecule has 0 fully saturated rings. The highest BCUT2D eigenvalue weighted by molar-refractivity contribution is 5.96. The molecule has 0 aliphatic rings. The second-order valence-corrected chi connectivity index (χ2v) is 5.95. The van der Waals surface area contributed by atoms with Crippen molar-refractivity contribution in [2.45, 2.75) is 13.3 Å². The number of esters is 1. The third-order valence-electron chi connectivity index (χ3n) is 4.23. The van der Waals surface area contributed by atoms with Gasteiger partial charge in [-0.2, -0.15) is 0 Å². The van der Waals surface area contributed by atoms with E-state index in [1.54, 1.807) is 38.3 Å². The van der Waals surface area contributed by atoms with Crippen LogP contribution in [0.2, 0.25) is 0 Å². The van der Waals surface area contributed by atoms with E-state index in [1.807, 2.05) is 18.2 Å². The molecule has 0 bridgehead atoms. The fourth-order valence-electron chi connectivity index (χ4n) is 2.94. The number of ether oxygens (including phenoxy) is 2. The molecule has 2 aromatic carbocycles. The molecule has 4 aromatic rings. The van der Waals surface area contributed by atoms with Gasteiger partial charge < -0.3 is 18.3 Å². The fraction of sp³-hybridized carbons (Fsp3) is 0.143. The van der Waals surface area contributed by atoms with E-state index in [0.717, 1.165) is 5.39 Å². The maximum absolute atomic E-state index is 12.0. The Morgan fingerprint density at radius 3 is 2.70 bits per heavy atom. The van der Waals surface area contributed by atoms with Crippen LogP contribution in [-0.2, 0) is 4.79 Å². The largest absolute Gasteiger partial charge is 0.493 e. The van der Waals surface area contributed by atoms with Crippen LogP contribution in [0.25, 0.3) is 33.3 Å². The van der Waals surface area contributed by atoms with Gasteiger partial charge >= 0.3 is 11.6 Å². The number of rotatable bonds is 4. The summed E-state index contributed by atoms with van der Waals surface area (Å²) in [5.74, 6) is 1.12. The summed E-state index contributed by atoms with van der Waals surface area (Å²) in [7, 11) is 1.57. The molecule has 27 heavy (non-hydrogen) atoms. The van der Waals surface area contributed by atoms with Crippen molar-refractivity contribution in [2.24, 2.45) is 0 Å². The van der Waals surface area contributed by atoms with Crippen LogP contribution < -0.4 is 15.1 Å². The van der Waals surface area contributed by atoms with E-state index in [9.17, 15) is 9.59 Å². The number of fused-ring (bicyclic) bond motifs is 2. The van der Waals surface area contributed by atoms with Crippen LogP contribution in [-0.4, -0.2) is 13.1 Å². The lowest BCUT2D eigenvalue weighted by Crippen LogP contribution is -2.05. The number of para-hydroxylation sites is 1. The third-order valence-corrected chi connectivity index (χ3v) is 4.23. The lowest BCUT2D eigenvalue weighted by molar-refractivity contribution is -0.134. The van der Waals surface area contributed by atoms with Crippen molar-refractivity contribution in [3.63, 3.8) is 0 Å². The molecule has 0 radical (unpaired) electrons. The van der Waals surface area contributed by atoms with Gasteiger partial charge in [0.15, 0.2) is 11.3 Å². The van der Waals surface area contributed by atoms with Gasteiger partial charge in [0.25, 0.3) is 0 Å². The average molecular weight is 364 g/mol. The molecule has 2 heterocycles. The monoisotopic (exact) mass is 364 g/mol. The maximum Gasteiger partial charge on any atom is 0.336 e. The first-order valence-corrected chi connectivity index (χ1v) is 8.44. The molecule has 6 nitrogen and oxygen atoms in total. The van der Waals surface area contributed by atoms with Crippen LogP contribution in [0.3, 0.4) is 0 Å². The van der Waals surface area contributed by atoms with E-state index >= 15 is 0 Å². The Kier molecular flexibility index (Phi) is 4.16. The molecule has 0 N–H and O–H groups in total. The van der Waals surface area contributed by atoms with Gasteiger partial charge in [-0.1, -0.05) is 19.1 Å². The summed E-state index contributed by atoms with van der Waals surface area (Å²) in [6.07, 6.45) is 0.262. The first kappa shape index (κ1) is 16.9. The number of carbonyl (C=O) groups is 1. The lowest BCUT2D eigenvalue weighted by atomic mass is 10.1. The van der Waals surface area contributed by atoms with Gasteiger partial charge in [0.1, 0.15) is 17.1 Å². The molecule has 0 amide bonds. The molecule has 0 spiro atoms. The van der Waals surface area contributed by atoms with Crippen molar-refractivity contribution in [3.05, 3.63) is 59.0 Å². The van der Waals surface area contributed by atoms with Crippen molar-refractivity contribution in [1.29, 1.82) is 0 Å². The van der Waals surface area contributed by atoms with Gasteiger partial charge in [0, 0.05) is 28.8 Å². The summed E-state index contributed by atoms with van der Waals surface area (Å²) in [4.78, 5) is 23.6. The Morgan fingerprint density at radius 2 is 1.93 bits per heavy atom. The molecule has 0 saturated heterocycles. The maximum atomic E-state index is 12.0. The molecule has 136 valence electrons. The van der Waals surface area contributed by atoms with Gasteiger partial charge in [-0.15, -0.1) is 0 Å². The first-order chi connectivity index (χ1) is 13.1. The third kappa shape index (κ3) is 3.06. The minimum atomic E-state index is -0.497. The first-order valence-electron chi connectivity index (χ1n) is 8.44. The second-order valence-electron chi connectivity index (χ2n) is 5.95. The van der Waals surface area contributed by atoms with Gasteiger partial charge in [0.2, 0.25) is 0 Å². The Bertz CT molecular complexity index is 1210. The molecule has 0 atom stereocenters. The SMILES string of the molecule is CCC(=O)Oc1ccc2oc(=O)cc(-c3cc4cccc(OC)c4o3)c2c1. The molecule has 0 aliphatic heterocycles. The van der Waals surface area contributed by atoms with Crippen molar-refractivity contribution in [3.8, 4) is 22.8 Å². The van der Waals surface area contributed by atoms with Crippen LogP contribution >= 0.6 is 0 Å². The van der Waals surface area contributed by atoms with E-state index in [2.05, 4.69) is 0 Å². The minimum absolute atomic E-state index is 0.262. The summed E-state index contributed by atoms with van der Waals surface area (Å²) in [6.45, 7) is 1.72. The number of hydrogen-bond acceptors (Lipinski definition) is 6. The van der Waals surface area contributed by atoms with Gasteiger partial charge in [-0.05, 0) is 30.3 Å². The quantitative estimate of drug-likeness (QED) is 0.301. The van der Waals surface area contributed by atoms with Crippen LogP contribution in [0.5, 0.6) is 11.5 Å². The molecule has 4 rings (SSSR count). The average Bonchev–Trinajstić information content (AvgIpc) is 3.11. The highest BCUT2D eigenvalue weighted by atomic mass is 16.5. The molecule has 0 saturated carbocycles. The fourth-order valence-corrected chi connectivity index (χ4v) is 2.94. The number of hydrogen-bond donors (Lipinski definition) is 0. The van der Waals surface area contributed by atoms with E-state index in [1.165, 1.54) is 6.07 Å². The molecule has 2 aromatic heterocycles. The van der Waals surface area contributed by atoms with Crippen molar-refractivity contribution >= 4 is 27.9 Å². The summed E-state index contributed by atoms with van der Waals surface area (Å²) < 4.78 is 21.8. The Balaban J connectivity index is 1.93. The zero-order valence-corrected chi connectivity index (χ0v) is 14.8. The zero-order chi connectivity index (χ0) is 19.0. The smallest absolute Gasteiger partial charge is 0.336 e. The molecular weight excluding hydrogens is 348 g/mol. The zero-order valence-electron chi connectivity index (χ0n) is 14.8. The van der Waals surface area contributed by atoms with Crippen LogP contribution in [0, 0.1) is 0 Å². The van der Waals surface area contributed by atoms with E-state index in [-0.39, 0.29) is 12.4 Å². The molecule has 6 heteroatoms. The highest BCUT2D eigenvalue weighted by Crippen LogP contribution is 2.36. The van der Waals surface area contributed by atoms with Gasteiger partial charge in [-0.25, -0.2) is 4.79 Å². The predicted octanol–water partition coefficient (Wildman–Crippen LogP) is 4.53. The summed E-state index contributed by atoms with van der Waals surface area (Å²) in [5, 5.41) is 1.45. The van der Waals surface area contributed by atoms with Crippen molar-refractivity contribution in [2.75, 3.05) is 7.11 Å². The number of benzene rings is 2. The number of methoxy groups -OCH3 is 1.